The van der Waals surface area contributed by atoms with Gasteiger partial charge in [0, 0.05) is 18.1 Å². The average molecular weight is 340 g/mol. The molecule has 116 valence electrons. The average Bonchev–Trinajstić information content (AvgIpc) is 2.96. The van der Waals surface area contributed by atoms with Gasteiger partial charge in [0.05, 0.1) is 11.4 Å². The Morgan fingerprint density at radius 1 is 1.14 bits per heavy atom. The van der Waals surface area contributed by atoms with Crippen LogP contribution >= 0.6 is 11.6 Å². The Labute approximate surface area is 134 Å². The Hall–Kier alpha value is -1.92. The van der Waals surface area contributed by atoms with Gasteiger partial charge >= 0.3 is 0 Å². The highest BCUT2D eigenvalue weighted by Crippen LogP contribution is 2.36. The van der Waals surface area contributed by atoms with Crippen LogP contribution in [0.3, 0.4) is 0 Å². The molecule has 1 heterocycles. The molecule has 0 aromatic heterocycles. The number of nitrogens with zero attached hydrogens (tertiary/aromatic N) is 1. The maximum absolute atomic E-state index is 12.5. The number of anilines is 1. The molecule has 0 spiro atoms. The van der Waals surface area contributed by atoms with Crippen LogP contribution in [-0.4, -0.2) is 22.3 Å². The lowest BCUT2D eigenvalue weighted by Gasteiger charge is -2.20. The number of halogens is 1. The van der Waals surface area contributed by atoms with Crippen molar-refractivity contribution in [3.05, 3.63) is 53.1 Å². The summed E-state index contributed by atoms with van der Waals surface area (Å²) in [6.07, 6.45) is 0. The highest BCUT2D eigenvalue weighted by molar-refractivity contribution is 7.92. The number of fused-ring (bicyclic) bond motifs is 1. The van der Waals surface area contributed by atoms with Gasteiger partial charge in [0.25, 0.3) is 0 Å². The third-order valence-corrected chi connectivity index (χ3v) is 5.52. The van der Waals surface area contributed by atoms with Crippen LogP contribution in [0, 0.1) is 0 Å². The van der Waals surface area contributed by atoms with Gasteiger partial charge in [-0.25, -0.2) is 8.42 Å². The SMILES string of the molecule is CN(c1ccc2c(c1)OCO2)S(=O)(=O)Cc1ccccc1Cl. The lowest BCUT2D eigenvalue weighted by Crippen LogP contribution is -2.27. The van der Waals surface area contributed by atoms with E-state index in [-0.39, 0.29) is 12.5 Å². The van der Waals surface area contributed by atoms with Crippen LogP contribution in [-0.2, 0) is 15.8 Å². The first-order chi connectivity index (χ1) is 10.5. The second-order valence-electron chi connectivity index (χ2n) is 4.85. The Kier molecular flexibility index (Phi) is 3.88. The van der Waals surface area contributed by atoms with E-state index in [1.54, 1.807) is 42.5 Å². The molecule has 22 heavy (non-hydrogen) atoms. The molecule has 2 aromatic rings. The molecule has 0 atom stereocenters. The van der Waals surface area contributed by atoms with Crippen molar-refractivity contribution < 1.29 is 17.9 Å². The fourth-order valence-electron chi connectivity index (χ4n) is 2.15. The molecule has 0 N–H and O–H groups in total. The lowest BCUT2D eigenvalue weighted by molar-refractivity contribution is 0.174. The van der Waals surface area contributed by atoms with E-state index in [9.17, 15) is 8.42 Å². The van der Waals surface area contributed by atoms with Crippen LogP contribution in [0.25, 0.3) is 0 Å². The summed E-state index contributed by atoms with van der Waals surface area (Å²) in [5.74, 6) is 0.982. The topological polar surface area (TPSA) is 55.8 Å². The Balaban J connectivity index is 1.87. The first-order valence-corrected chi connectivity index (χ1v) is 8.56. The minimum absolute atomic E-state index is 0.148. The van der Waals surface area contributed by atoms with E-state index in [0.29, 0.717) is 27.8 Å². The van der Waals surface area contributed by atoms with E-state index in [2.05, 4.69) is 0 Å². The maximum Gasteiger partial charge on any atom is 0.239 e. The molecule has 5 nitrogen and oxygen atoms in total. The van der Waals surface area contributed by atoms with Crippen molar-refractivity contribution in [2.75, 3.05) is 18.1 Å². The number of benzene rings is 2. The van der Waals surface area contributed by atoms with E-state index in [4.69, 9.17) is 21.1 Å². The number of rotatable bonds is 4. The normalized spacial score (nSPS) is 13.2. The predicted molar refractivity (Wildman–Crippen MR) is 85.0 cm³/mol. The van der Waals surface area contributed by atoms with Crippen LogP contribution in [0.15, 0.2) is 42.5 Å². The Bertz CT molecular complexity index is 807. The molecule has 0 radical (unpaired) electrons. The zero-order valence-corrected chi connectivity index (χ0v) is 13.4. The van der Waals surface area contributed by atoms with Crippen molar-refractivity contribution in [3.63, 3.8) is 0 Å². The molecule has 0 saturated carbocycles. The van der Waals surface area contributed by atoms with Crippen LogP contribution in [0.1, 0.15) is 5.56 Å². The zero-order chi connectivity index (χ0) is 15.7. The van der Waals surface area contributed by atoms with Crippen LogP contribution in [0.4, 0.5) is 5.69 Å². The van der Waals surface area contributed by atoms with Crippen LogP contribution in [0.2, 0.25) is 5.02 Å². The Morgan fingerprint density at radius 3 is 2.64 bits per heavy atom. The van der Waals surface area contributed by atoms with E-state index < -0.39 is 10.0 Å². The molecular formula is C15H14ClNO4S. The van der Waals surface area contributed by atoms with Crippen LogP contribution in [0.5, 0.6) is 11.5 Å². The van der Waals surface area contributed by atoms with Crippen LogP contribution < -0.4 is 13.8 Å². The molecule has 3 rings (SSSR count). The minimum atomic E-state index is -3.55. The fourth-order valence-corrected chi connectivity index (χ4v) is 3.71. The molecule has 7 heteroatoms. The smallest absolute Gasteiger partial charge is 0.239 e. The summed E-state index contributed by atoms with van der Waals surface area (Å²) in [6, 6.07) is 11.9. The summed E-state index contributed by atoms with van der Waals surface area (Å²) >= 11 is 6.04. The second-order valence-corrected chi connectivity index (χ2v) is 7.26. The van der Waals surface area contributed by atoms with Gasteiger partial charge in [0.15, 0.2) is 11.5 Å². The van der Waals surface area contributed by atoms with E-state index in [0.717, 1.165) is 0 Å². The minimum Gasteiger partial charge on any atom is -0.454 e. The van der Waals surface area contributed by atoms with Crippen molar-refractivity contribution in [3.8, 4) is 11.5 Å². The van der Waals surface area contributed by atoms with Gasteiger partial charge < -0.3 is 9.47 Å². The summed E-state index contributed by atoms with van der Waals surface area (Å²) in [5.41, 5.74) is 1.08. The summed E-state index contributed by atoms with van der Waals surface area (Å²) in [4.78, 5) is 0. The summed E-state index contributed by atoms with van der Waals surface area (Å²) in [7, 11) is -2.05. The standard InChI is InChI=1S/C15H14ClNO4S/c1-17(12-6-7-14-15(8-12)21-10-20-14)22(18,19)9-11-4-2-3-5-13(11)16/h2-8H,9-10H2,1H3. The predicted octanol–water partition coefficient (Wildman–Crippen LogP) is 3.03. The van der Waals surface area contributed by atoms with Gasteiger partial charge in [-0.1, -0.05) is 29.8 Å². The molecule has 0 aliphatic carbocycles. The van der Waals surface area contributed by atoms with Crippen molar-refractivity contribution in [2.45, 2.75) is 5.75 Å². The highest BCUT2D eigenvalue weighted by atomic mass is 35.5. The third-order valence-electron chi connectivity index (χ3n) is 3.43. The summed E-state index contributed by atoms with van der Waals surface area (Å²) < 4.78 is 36.8. The fraction of sp³-hybridized carbons (Fsp3) is 0.200. The summed E-state index contributed by atoms with van der Waals surface area (Å²) in [6.45, 7) is 0.148. The quantitative estimate of drug-likeness (QED) is 0.859. The molecule has 0 fully saturated rings. The molecule has 1 aliphatic heterocycles. The number of hydrogen-bond acceptors (Lipinski definition) is 4. The summed E-state index contributed by atoms with van der Waals surface area (Å²) in [5, 5.41) is 0.435. The number of sulfonamides is 1. The highest BCUT2D eigenvalue weighted by Gasteiger charge is 2.22. The van der Waals surface area contributed by atoms with Crippen molar-refractivity contribution in [1.29, 1.82) is 0 Å². The largest absolute Gasteiger partial charge is 0.454 e. The number of ether oxygens (including phenoxy) is 2. The molecular weight excluding hydrogens is 326 g/mol. The van der Waals surface area contributed by atoms with Gasteiger partial charge in [0.2, 0.25) is 16.8 Å². The van der Waals surface area contributed by atoms with Gasteiger partial charge in [-0.3, -0.25) is 4.31 Å². The van der Waals surface area contributed by atoms with Gasteiger partial charge in [0.1, 0.15) is 0 Å². The van der Waals surface area contributed by atoms with Gasteiger partial charge in [-0.15, -0.1) is 0 Å². The Morgan fingerprint density at radius 2 is 1.86 bits per heavy atom. The van der Waals surface area contributed by atoms with Gasteiger partial charge in [-0.2, -0.15) is 0 Å². The molecule has 0 unspecified atom stereocenters. The van der Waals surface area contributed by atoms with Gasteiger partial charge in [-0.05, 0) is 23.8 Å². The van der Waals surface area contributed by atoms with E-state index in [1.807, 2.05) is 0 Å². The lowest BCUT2D eigenvalue weighted by atomic mass is 10.2. The molecule has 0 amide bonds. The van der Waals surface area contributed by atoms with Crippen molar-refractivity contribution in [2.24, 2.45) is 0 Å². The van der Waals surface area contributed by atoms with E-state index in [1.165, 1.54) is 11.4 Å². The molecule has 0 saturated heterocycles. The first-order valence-electron chi connectivity index (χ1n) is 6.57. The molecule has 1 aliphatic rings. The van der Waals surface area contributed by atoms with Crippen molar-refractivity contribution >= 4 is 27.3 Å². The third kappa shape index (κ3) is 2.84. The van der Waals surface area contributed by atoms with E-state index >= 15 is 0 Å². The molecule has 0 bridgehead atoms. The first kappa shape index (κ1) is 15.0. The van der Waals surface area contributed by atoms with Crippen molar-refractivity contribution in [1.82, 2.24) is 0 Å². The monoisotopic (exact) mass is 339 g/mol. The zero-order valence-electron chi connectivity index (χ0n) is 11.8. The maximum atomic E-state index is 12.5. The number of hydrogen-bond donors (Lipinski definition) is 0. The molecule has 2 aromatic carbocycles. The second kappa shape index (κ2) is 5.70.